The first-order chi connectivity index (χ1) is 13.3. The van der Waals surface area contributed by atoms with Crippen LogP contribution in [0.15, 0.2) is 48.5 Å². The Morgan fingerprint density at radius 2 is 1.36 bits per heavy atom. The molecule has 2 aromatic rings. The quantitative estimate of drug-likeness (QED) is 0.704. The number of halogens is 2. The lowest BCUT2D eigenvalue weighted by molar-refractivity contribution is 0.0527. The predicted molar refractivity (Wildman–Crippen MR) is 103 cm³/mol. The van der Waals surface area contributed by atoms with E-state index in [1.165, 1.54) is 34.8 Å². The fourth-order valence-corrected chi connectivity index (χ4v) is 4.07. The lowest BCUT2D eigenvalue weighted by Crippen LogP contribution is -2.49. The van der Waals surface area contributed by atoms with Gasteiger partial charge in [0.05, 0.1) is 12.9 Å². The molecule has 28 heavy (non-hydrogen) atoms. The average molecular weight is 410 g/mol. The lowest BCUT2D eigenvalue weighted by atomic mass is 10.0. The molecule has 0 spiro atoms. The van der Waals surface area contributed by atoms with Crippen molar-refractivity contribution < 1.29 is 21.9 Å². The number of sulfonamides is 1. The van der Waals surface area contributed by atoms with Gasteiger partial charge in [-0.15, -0.1) is 0 Å². The number of piperazine rings is 1. The Hall–Kier alpha value is -1.87. The van der Waals surface area contributed by atoms with Gasteiger partial charge in [-0.2, -0.15) is 4.31 Å². The third-order valence-electron chi connectivity index (χ3n) is 4.84. The average Bonchev–Trinajstić information content (AvgIpc) is 2.67. The zero-order valence-corrected chi connectivity index (χ0v) is 16.5. The molecular formula is C20H24F2N2O3S. The van der Waals surface area contributed by atoms with Crippen LogP contribution in [0.2, 0.25) is 0 Å². The zero-order chi connectivity index (χ0) is 20.1. The number of benzene rings is 2. The van der Waals surface area contributed by atoms with Crippen molar-refractivity contribution in [2.24, 2.45) is 0 Å². The van der Waals surface area contributed by atoms with E-state index in [0.717, 1.165) is 11.1 Å². The van der Waals surface area contributed by atoms with Crippen LogP contribution in [0.3, 0.4) is 0 Å². The monoisotopic (exact) mass is 410 g/mol. The smallest absolute Gasteiger partial charge is 0.211 e. The highest BCUT2D eigenvalue weighted by Crippen LogP contribution is 2.26. The highest BCUT2D eigenvalue weighted by atomic mass is 32.2. The van der Waals surface area contributed by atoms with Gasteiger partial charge in [0, 0.05) is 32.7 Å². The Morgan fingerprint density at radius 1 is 0.893 bits per heavy atom. The molecule has 3 rings (SSSR count). The Balaban J connectivity index is 1.61. The van der Waals surface area contributed by atoms with Crippen molar-refractivity contribution >= 4 is 10.0 Å². The Morgan fingerprint density at radius 3 is 1.79 bits per heavy atom. The molecule has 1 aliphatic rings. The summed E-state index contributed by atoms with van der Waals surface area (Å²) in [6.07, 6.45) is 0.792. The third-order valence-corrected chi connectivity index (χ3v) is 6.14. The molecule has 0 aliphatic carbocycles. The van der Waals surface area contributed by atoms with E-state index in [1.54, 1.807) is 24.3 Å². The van der Waals surface area contributed by atoms with E-state index in [1.807, 2.05) is 0 Å². The number of nitrogens with zero attached hydrogens (tertiary/aromatic N) is 2. The standard InChI is InChI=1S/C20H24F2N2O3S/c1-28(25,26)24-12-10-23(11-13-24)14-15-27-20(16-2-6-18(21)7-3-16)17-4-8-19(22)9-5-17/h2-9,20H,10-15H2,1H3. The highest BCUT2D eigenvalue weighted by Gasteiger charge is 2.23. The minimum Gasteiger partial charge on any atom is -0.367 e. The first-order valence-corrected chi connectivity index (χ1v) is 11.0. The van der Waals surface area contributed by atoms with Gasteiger partial charge in [-0.05, 0) is 35.4 Å². The number of hydrogen-bond acceptors (Lipinski definition) is 4. The van der Waals surface area contributed by atoms with Crippen molar-refractivity contribution in [3.63, 3.8) is 0 Å². The minimum atomic E-state index is -3.15. The number of ether oxygens (including phenoxy) is 1. The van der Waals surface area contributed by atoms with Crippen molar-refractivity contribution in [3.05, 3.63) is 71.3 Å². The van der Waals surface area contributed by atoms with Gasteiger partial charge in [-0.3, -0.25) is 4.90 Å². The van der Waals surface area contributed by atoms with Crippen LogP contribution in [0.1, 0.15) is 17.2 Å². The zero-order valence-electron chi connectivity index (χ0n) is 15.7. The maximum atomic E-state index is 13.3. The molecule has 0 N–H and O–H groups in total. The van der Waals surface area contributed by atoms with Gasteiger partial charge in [-0.25, -0.2) is 17.2 Å². The summed E-state index contributed by atoms with van der Waals surface area (Å²) in [6.45, 7) is 3.30. The number of hydrogen-bond donors (Lipinski definition) is 0. The minimum absolute atomic E-state index is 0.328. The van der Waals surface area contributed by atoms with Crippen LogP contribution in [-0.2, 0) is 14.8 Å². The molecule has 1 heterocycles. The van der Waals surface area contributed by atoms with E-state index in [9.17, 15) is 17.2 Å². The molecular weight excluding hydrogens is 386 g/mol. The molecule has 1 saturated heterocycles. The van der Waals surface area contributed by atoms with Crippen molar-refractivity contribution in [1.29, 1.82) is 0 Å². The Labute approximate surface area is 164 Å². The SMILES string of the molecule is CS(=O)(=O)N1CCN(CCOC(c2ccc(F)cc2)c2ccc(F)cc2)CC1. The fourth-order valence-electron chi connectivity index (χ4n) is 3.24. The summed E-state index contributed by atoms with van der Waals surface area (Å²) in [5.74, 6) is -0.657. The van der Waals surface area contributed by atoms with Crippen molar-refractivity contribution in [2.75, 3.05) is 45.6 Å². The maximum absolute atomic E-state index is 13.3. The molecule has 0 radical (unpaired) electrons. The first kappa shape index (κ1) is 20.9. The van der Waals surface area contributed by atoms with Crippen LogP contribution in [0.25, 0.3) is 0 Å². The topological polar surface area (TPSA) is 49.9 Å². The van der Waals surface area contributed by atoms with Crippen LogP contribution in [0.5, 0.6) is 0 Å². The molecule has 5 nitrogen and oxygen atoms in total. The van der Waals surface area contributed by atoms with Crippen LogP contribution in [-0.4, -0.2) is 63.2 Å². The molecule has 0 unspecified atom stereocenters. The fraction of sp³-hybridized carbons (Fsp3) is 0.400. The van der Waals surface area contributed by atoms with E-state index in [-0.39, 0.29) is 11.6 Å². The molecule has 2 aromatic carbocycles. The normalized spacial score (nSPS) is 16.6. The third kappa shape index (κ3) is 5.57. The highest BCUT2D eigenvalue weighted by molar-refractivity contribution is 7.88. The van der Waals surface area contributed by atoms with Gasteiger partial charge in [0.1, 0.15) is 17.7 Å². The van der Waals surface area contributed by atoms with Gasteiger partial charge >= 0.3 is 0 Å². The Kier molecular flexibility index (Phi) is 6.77. The summed E-state index contributed by atoms with van der Waals surface area (Å²) in [5, 5.41) is 0. The largest absolute Gasteiger partial charge is 0.367 e. The van der Waals surface area contributed by atoms with Gasteiger partial charge in [0.25, 0.3) is 0 Å². The molecule has 0 aromatic heterocycles. The molecule has 0 bridgehead atoms. The van der Waals surface area contributed by atoms with Gasteiger partial charge < -0.3 is 4.74 Å². The summed E-state index contributed by atoms with van der Waals surface area (Å²) in [7, 11) is -3.15. The van der Waals surface area contributed by atoms with Crippen LogP contribution >= 0.6 is 0 Å². The van der Waals surface area contributed by atoms with Crippen molar-refractivity contribution in [1.82, 2.24) is 9.21 Å². The molecule has 1 fully saturated rings. The van der Waals surface area contributed by atoms with E-state index in [4.69, 9.17) is 4.74 Å². The Bertz CT molecular complexity index is 820. The second-order valence-electron chi connectivity index (χ2n) is 6.86. The van der Waals surface area contributed by atoms with Crippen molar-refractivity contribution in [3.8, 4) is 0 Å². The molecule has 8 heteroatoms. The second kappa shape index (κ2) is 9.09. The lowest BCUT2D eigenvalue weighted by Gasteiger charge is -2.33. The van der Waals surface area contributed by atoms with Crippen LogP contribution < -0.4 is 0 Å². The van der Waals surface area contributed by atoms with Crippen molar-refractivity contribution in [2.45, 2.75) is 6.10 Å². The van der Waals surface area contributed by atoms with Crippen LogP contribution in [0.4, 0.5) is 8.78 Å². The molecule has 0 saturated carbocycles. The summed E-state index contributed by atoms with van der Waals surface area (Å²) in [6, 6.07) is 12.1. The van der Waals surface area contributed by atoms with E-state index in [0.29, 0.717) is 39.3 Å². The summed E-state index contributed by atoms with van der Waals surface area (Å²) in [5.41, 5.74) is 1.57. The second-order valence-corrected chi connectivity index (χ2v) is 8.84. The summed E-state index contributed by atoms with van der Waals surface area (Å²) >= 11 is 0. The molecule has 0 atom stereocenters. The number of rotatable bonds is 7. The van der Waals surface area contributed by atoms with E-state index in [2.05, 4.69) is 4.90 Å². The van der Waals surface area contributed by atoms with E-state index >= 15 is 0 Å². The van der Waals surface area contributed by atoms with Gasteiger partial charge in [0.2, 0.25) is 10.0 Å². The van der Waals surface area contributed by atoms with Gasteiger partial charge in [0.15, 0.2) is 0 Å². The van der Waals surface area contributed by atoms with Gasteiger partial charge in [-0.1, -0.05) is 24.3 Å². The molecule has 1 aliphatic heterocycles. The predicted octanol–water partition coefficient (Wildman–Crippen LogP) is 2.65. The molecule has 152 valence electrons. The van der Waals surface area contributed by atoms with E-state index < -0.39 is 16.1 Å². The summed E-state index contributed by atoms with van der Waals surface area (Å²) in [4.78, 5) is 2.15. The first-order valence-electron chi connectivity index (χ1n) is 9.13. The van der Waals surface area contributed by atoms with Crippen LogP contribution in [0, 0.1) is 11.6 Å². The maximum Gasteiger partial charge on any atom is 0.211 e. The summed E-state index contributed by atoms with van der Waals surface area (Å²) < 4.78 is 57.3. The molecule has 0 amide bonds.